The minimum atomic E-state index is -3.84. The third-order valence-electron chi connectivity index (χ3n) is 2.69. The van der Waals surface area contributed by atoms with Crippen LogP contribution in [0.1, 0.15) is 10.4 Å². The molecule has 2 N–H and O–H groups in total. The number of Topliss-reactive ketones (excluding diaryl/α,β-unsaturated/α-hetero) is 1. The van der Waals surface area contributed by atoms with Crippen molar-refractivity contribution in [3.8, 4) is 0 Å². The minimum absolute atomic E-state index is 0.00870. The zero-order chi connectivity index (χ0) is 12.8. The van der Waals surface area contributed by atoms with Crippen molar-refractivity contribution in [1.29, 1.82) is 0 Å². The van der Waals surface area contributed by atoms with Crippen molar-refractivity contribution in [2.24, 2.45) is 5.73 Å². The molecule has 1 amide bonds. The van der Waals surface area contributed by atoms with Crippen LogP contribution in [0.25, 0.3) is 0 Å². The number of primary amides is 1. The monoisotopic (exact) mass is 254 g/mol. The zero-order valence-electron chi connectivity index (χ0n) is 8.95. The summed E-state index contributed by atoms with van der Waals surface area (Å²) in [6.07, 6.45) is 0. The number of likely N-dealkylation sites (N-methyl/N-ethyl adjacent to an activating group) is 1. The molecule has 0 aliphatic carbocycles. The number of nitrogens with zero attached hydrogens (tertiary/aromatic N) is 1. The molecule has 90 valence electrons. The molecule has 1 atom stereocenters. The predicted molar refractivity (Wildman–Crippen MR) is 58.7 cm³/mol. The average molecular weight is 254 g/mol. The number of ketones is 1. The van der Waals surface area contributed by atoms with Crippen molar-refractivity contribution in [3.05, 3.63) is 29.8 Å². The predicted octanol–water partition coefficient (Wildman–Crippen LogP) is -0.643. The highest BCUT2D eigenvalue weighted by atomic mass is 32.2. The largest absolute Gasteiger partial charge is 0.368 e. The van der Waals surface area contributed by atoms with Gasteiger partial charge in [-0.15, -0.1) is 0 Å². The second-order valence-electron chi connectivity index (χ2n) is 3.69. The molecule has 0 spiro atoms. The fourth-order valence-corrected chi connectivity index (χ4v) is 3.29. The Morgan fingerprint density at radius 2 is 1.94 bits per heavy atom. The van der Waals surface area contributed by atoms with Crippen molar-refractivity contribution in [3.63, 3.8) is 0 Å². The number of rotatable bonds is 1. The fraction of sp³-hybridized carbons (Fsp3) is 0.200. The Morgan fingerprint density at radius 3 is 2.53 bits per heavy atom. The second-order valence-corrected chi connectivity index (χ2v) is 5.65. The van der Waals surface area contributed by atoms with Crippen LogP contribution in [0.15, 0.2) is 29.2 Å². The van der Waals surface area contributed by atoms with E-state index in [1.807, 2.05) is 0 Å². The molecule has 0 saturated heterocycles. The summed E-state index contributed by atoms with van der Waals surface area (Å²) in [6, 6.07) is 4.29. The number of sulfonamides is 1. The van der Waals surface area contributed by atoms with Gasteiger partial charge in [0, 0.05) is 12.6 Å². The van der Waals surface area contributed by atoms with E-state index in [0.717, 1.165) is 0 Å². The summed E-state index contributed by atoms with van der Waals surface area (Å²) in [4.78, 5) is 23.0. The summed E-state index contributed by atoms with van der Waals surface area (Å²) in [5.41, 5.74) is 5.07. The lowest BCUT2D eigenvalue weighted by Crippen LogP contribution is -2.53. The van der Waals surface area contributed by atoms with E-state index in [2.05, 4.69) is 0 Å². The molecule has 1 unspecified atom stereocenters. The molecule has 1 aromatic rings. The number of carbonyl (C=O) groups excluding carboxylic acids is 2. The molecule has 6 nitrogen and oxygen atoms in total. The van der Waals surface area contributed by atoms with Crippen LogP contribution < -0.4 is 5.73 Å². The van der Waals surface area contributed by atoms with E-state index in [1.54, 1.807) is 0 Å². The Balaban J connectivity index is 2.75. The highest BCUT2D eigenvalue weighted by molar-refractivity contribution is 7.89. The van der Waals surface area contributed by atoms with Crippen LogP contribution in [0.3, 0.4) is 0 Å². The molecule has 2 rings (SSSR count). The topological polar surface area (TPSA) is 97.5 Å². The van der Waals surface area contributed by atoms with E-state index in [1.165, 1.54) is 31.3 Å². The van der Waals surface area contributed by atoms with Crippen LogP contribution in [0.4, 0.5) is 0 Å². The number of carbonyl (C=O) groups is 2. The number of hydrogen-bond acceptors (Lipinski definition) is 4. The van der Waals surface area contributed by atoms with Gasteiger partial charge in [-0.2, -0.15) is 4.31 Å². The molecule has 0 bridgehead atoms. The van der Waals surface area contributed by atoms with Gasteiger partial charge in [-0.3, -0.25) is 9.59 Å². The van der Waals surface area contributed by atoms with E-state index in [9.17, 15) is 18.0 Å². The lowest BCUT2D eigenvalue weighted by atomic mass is 10.0. The van der Waals surface area contributed by atoms with Crippen LogP contribution in [-0.4, -0.2) is 37.5 Å². The molecule has 0 saturated carbocycles. The molecule has 1 heterocycles. The smallest absolute Gasteiger partial charge is 0.244 e. The first-order valence-electron chi connectivity index (χ1n) is 4.78. The number of benzene rings is 1. The number of amides is 1. The maximum atomic E-state index is 12.0. The first-order valence-corrected chi connectivity index (χ1v) is 6.22. The Morgan fingerprint density at radius 1 is 1.35 bits per heavy atom. The standard InChI is InChI=1S/C10H10N2O4S/c1-12-8(10(11)14)9(13)6-4-2-3-5-7(6)17(12,15)16/h2-5,8H,1H3,(H2,11,14). The Kier molecular flexibility index (Phi) is 2.52. The quantitative estimate of drug-likeness (QED) is 0.674. The van der Waals surface area contributed by atoms with Crippen molar-refractivity contribution in [2.75, 3.05) is 7.05 Å². The summed E-state index contributed by atoms with van der Waals surface area (Å²) in [7, 11) is -2.67. The summed E-state index contributed by atoms with van der Waals surface area (Å²) in [6.45, 7) is 0. The van der Waals surface area contributed by atoms with Crippen LogP contribution in [0.5, 0.6) is 0 Å². The highest BCUT2D eigenvalue weighted by Crippen LogP contribution is 2.28. The van der Waals surface area contributed by atoms with E-state index >= 15 is 0 Å². The van der Waals surface area contributed by atoms with Gasteiger partial charge in [0.2, 0.25) is 15.9 Å². The van der Waals surface area contributed by atoms with Crippen LogP contribution in [0.2, 0.25) is 0 Å². The van der Waals surface area contributed by atoms with E-state index in [-0.39, 0.29) is 10.5 Å². The molecule has 1 aliphatic rings. The van der Waals surface area contributed by atoms with Crippen LogP contribution in [0, 0.1) is 0 Å². The fourth-order valence-electron chi connectivity index (χ4n) is 1.81. The Hall–Kier alpha value is -1.73. The van der Waals surface area contributed by atoms with Gasteiger partial charge >= 0.3 is 0 Å². The van der Waals surface area contributed by atoms with Gasteiger partial charge in [0.05, 0.1) is 4.90 Å². The molecule has 1 aliphatic heterocycles. The van der Waals surface area contributed by atoms with Crippen LogP contribution in [-0.2, 0) is 14.8 Å². The normalized spacial score (nSPS) is 23.1. The van der Waals surface area contributed by atoms with E-state index in [4.69, 9.17) is 5.73 Å². The van der Waals surface area contributed by atoms with Gasteiger partial charge in [0.15, 0.2) is 11.8 Å². The van der Waals surface area contributed by atoms with E-state index < -0.39 is 27.8 Å². The Labute approximate surface area is 98.1 Å². The van der Waals surface area contributed by atoms with Gasteiger partial charge in [0.1, 0.15) is 0 Å². The van der Waals surface area contributed by atoms with Gasteiger partial charge in [-0.25, -0.2) is 8.42 Å². The summed E-state index contributed by atoms with van der Waals surface area (Å²) in [5.74, 6) is -1.57. The van der Waals surface area contributed by atoms with Gasteiger partial charge < -0.3 is 5.73 Å². The zero-order valence-corrected chi connectivity index (χ0v) is 9.77. The maximum absolute atomic E-state index is 12.0. The first-order chi connectivity index (χ1) is 7.87. The minimum Gasteiger partial charge on any atom is -0.368 e. The van der Waals surface area contributed by atoms with Crippen molar-refractivity contribution in [1.82, 2.24) is 4.31 Å². The summed E-state index contributed by atoms with van der Waals surface area (Å²) >= 11 is 0. The number of nitrogens with two attached hydrogens (primary N) is 1. The van der Waals surface area contributed by atoms with Gasteiger partial charge in [-0.1, -0.05) is 12.1 Å². The molecule has 0 fully saturated rings. The molecular formula is C10H10N2O4S. The van der Waals surface area contributed by atoms with Crippen molar-refractivity contribution in [2.45, 2.75) is 10.9 Å². The lowest BCUT2D eigenvalue weighted by Gasteiger charge is -2.29. The molecule has 0 radical (unpaired) electrons. The summed E-state index contributed by atoms with van der Waals surface area (Å²) in [5, 5.41) is 0. The van der Waals surface area contributed by atoms with Gasteiger partial charge in [0.25, 0.3) is 0 Å². The maximum Gasteiger partial charge on any atom is 0.244 e. The highest BCUT2D eigenvalue weighted by Gasteiger charge is 2.44. The molecule has 1 aromatic carbocycles. The van der Waals surface area contributed by atoms with Crippen LogP contribution >= 0.6 is 0 Å². The SMILES string of the molecule is CN1C(C(N)=O)C(=O)c2ccccc2S1(=O)=O. The third kappa shape index (κ3) is 1.55. The number of hydrogen-bond donors (Lipinski definition) is 1. The molecule has 7 heteroatoms. The molecule has 0 aromatic heterocycles. The first kappa shape index (κ1) is 11.7. The number of fused-ring (bicyclic) bond motifs is 1. The van der Waals surface area contributed by atoms with Crippen molar-refractivity contribution >= 4 is 21.7 Å². The van der Waals surface area contributed by atoms with Gasteiger partial charge in [-0.05, 0) is 12.1 Å². The molecular weight excluding hydrogens is 244 g/mol. The average Bonchev–Trinajstić information content (AvgIpc) is 2.27. The van der Waals surface area contributed by atoms with Crippen molar-refractivity contribution < 1.29 is 18.0 Å². The second kappa shape index (κ2) is 3.64. The van der Waals surface area contributed by atoms with E-state index in [0.29, 0.717) is 4.31 Å². The Bertz CT molecular complexity index is 608. The third-order valence-corrected chi connectivity index (χ3v) is 4.57. The summed E-state index contributed by atoms with van der Waals surface area (Å²) < 4.78 is 24.8. The lowest BCUT2D eigenvalue weighted by molar-refractivity contribution is -0.120. The molecule has 17 heavy (non-hydrogen) atoms.